The monoisotopic (exact) mass is 417 g/mol. The molecular weight excluding hydrogens is 394 g/mol. The van der Waals surface area contributed by atoms with Gasteiger partial charge in [-0.3, -0.25) is 4.79 Å². The Labute approximate surface area is 169 Å². The van der Waals surface area contributed by atoms with Crippen molar-refractivity contribution in [2.75, 3.05) is 12.0 Å². The number of H-pyrrole nitrogens is 1. The molecule has 148 valence electrons. The van der Waals surface area contributed by atoms with E-state index in [0.29, 0.717) is 5.75 Å². The van der Waals surface area contributed by atoms with Gasteiger partial charge in [0.2, 0.25) is 5.91 Å². The maximum atomic E-state index is 12.3. The molecule has 0 spiro atoms. The molecule has 2 aromatic carbocycles. The van der Waals surface area contributed by atoms with Gasteiger partial charge in [-0.15, -0.1) is 11.8 Å². The molecule has 6 nitrogen and oxygen atoms in total. The molecule has 3 aromatic rings. The predicted molar refractivity (Wildman–Crippen MR) is 113 cm³/mol. The minimum Gasteiger partial charge on any atom is -0.349 e. The quantitative estimate of drug-likeness (QED) is 0.612. The van der Waals surface area contributed by atoms with Crippen LogP contribution in [0.4, 0.5) is 0 Å². The summed E-state index contributed by atoms with van der Waals surface area (Å²) in [7, 11) is -3.22. The molecule has 1 heterocycles. The van der Waals surface area contributed by atoms with Crippen molar-refractivity contribution in [3.05, 3.63) is 59.9 Å². The van der Waals surface area contributed by atoms with Crippen LogP contribution in [0.25, 0.3) is 11.0 Å². The second kappa shape index (κ2) is 8.36. The van der Waals surface area contributed by atoms with Crippen LogP contribution < -0.4 is 5.32 Å². The van der Waals surface area contributed by atoms with E-state index in [1.807, 2.05) is 38.1 Å². The first-order valence-corrected chi connectivity index (χ1v) is 11.8. The molecular formula is C20H23N3O3S2. The second-order valence-corrected chi connectivity index (χ2v) is 10.1. The molecule has 0 saturated carbocycles. The highest BCUT2D eigenvalue weighted by Crippen LogP contribution is 2.27. The van der Waals surface area contributed by atoms with Crippen molar-refractivity contribution in [3.8, 4) is 0 Å². The molecule has 1 aromatic heterocycles. The topological polar surface area (TPSA) is 91.9 Å². The maximum absolute atomic E-state index is 12.3. The number of sulfone groups is 1. The first kappa shape index (κ1) is 20.4. The second-order valence-electron chi connectivity index (χ2n) is 6.72. The van der Waals surface area contributed by atoms with Crippen molar-refractivity contribution in [1.82, 2.24) is 15.3 Å². The third-order valence-electron chi connectivity index (χ3n) is 4.44. The van der Waals surface area contributed by atoms with Crippen LogP contribution in [0.1, 0.15) is 36.5 Å². The highest BCUT2D eigenvalue weighted by molar-refractivity contribution is 8.00. The lowest BCUT2D eigenvalue weighted by Gasteiger charge is -2.15. The SMILES string of the molecule is C[C@H](NC(=O)CS[C@@H](C)c1nc2ccccc2[nH]1)c1ccc(S(C)(=O)=O)cc1. The minimum atomic E-state index is -3.22. The number of aromatic amines is 1. The zero-order chi connectivity index (χ0) is 20.3. The molecule has 0 unspecified atom stereocenters. The van der Waals surface area contributed by atoms with E-state index < -0.39 is 9.84 Å². The van der Waals surface area contributed by atoms with Crippen molar-refractivity contribution >= 4 is 38.5 Å². The molecule has 0 saturated heterocycles. The lowest BCUT2D eigenvalue weighted by atomic mass is 10.1. The number of imidazole rings is 1. The fourth-order valence-electron chi connectivity index (χ4n) is 2.81. The van der Waals surface area contributed by atoms with Crippen LogP contribution in [-0.4, -0.2) is 36.3 Å². The molecule has 0 aliphatic rings. The molecule has 3 rings (SSSR count). The third-order valence-corrected chi connectivity index (χ3v) is 6.72. The summed E-state index contributed by atoms with van der Waals surface area (Å²) < 4.78 is 23.1. The van der Waals surface area contributed by atoms with E-state index in [1.54, 1.807) is 24.3 Å². The lowest BCUT2D eigenvalue weighted by Crippen LogP contribution is -2.28. The van der Waals surface area contributed by atoms with Crippen molar-refractivity contribution in [3.63, 3.8) is 0 Å². The van der Waals surface area contributed by atoms with E-state index in [2.05, 4.69) is 15.3 Å². The fourth-order valence-corrected chi connectivity index (χ4v) is 4.20. The van der Waals surface area contributed by atoms with Crippen molar-refractivity contribution < 1.29 is 13.2 Å². The van der Waals surface area contributed by atoms with Crippen molar-refractivity contribution in [2.45, 2.75) is 30.0 Å². The van der Waals surface area contributed by atoms with Crippen molar-refractivity contribution in [1.29, 1.82) is 0 Å². The molecule has 2 atom stereocenters. The van der Waals surface area contributed by atoms with Gasteiger partial charge in [0.05, 0.1) is 33.0 Å². The van der Waals surface area contributed by atoms with Gasteiger partial charge in [0, 0.05) is 6.26 Å². The number of rotatable bonds is 7. The number of hydrogen-bond donors (Lipinski definition) is 2. The number of benzene rings is 2. The van der Waals surface area contributed by atoms with Crippen LogP contribution in [0, 0.1) is 0 Å². The first-order valence-electron chi connectivity index (χ1n) is 8.89. The summed E-state index contributed by atoms with van der Waals surface area (Å²) in [6, 6.07) is 14.2. The molecule has 8 heteroatoms. The number of aromatic nitrogens is 2. The summed E-state index contributed by atoms with van der Waals surface area (Å²) in [4.78, 5) is 20.4. The van der Waals surface area contributed by atoms with Crippen LogP contribution in [0.15, 0.2) is 53.4 Å². The number of fused-ring (bicyclic) bond motifs is 1. The Bertz CT molecular complexity index is 1040. The minimum absolute atomic E-state index is 0.0579. The van der Waals surface area contributed by atoms with Crippen LogP contribution in [0.5, 0.6) is 0 Å². The Kier molecular flexibility index (Phi) is 6.10. The summed E-state index contributed by atoms with van der Waals surface area (Å²) >= 11 is 1.51. The number of nitrogens with one attached hydrogen (secondary N) is 2. The number of hydrogen-bond acceptors (Lipinski definition) is 5. The van der Waals surface area contributed by atoms with E-state index in [-0.39, 0.29) is 22.1 Å². The van der Waals surface area contributed by atoms with Crippen LogP contribution >= 0.6 is 11.8 Å². The number of carbonyl (C=O) groups excluding carboxylic acids is 1. The Hall–Kier alpha value is -2.32. The average Bonchev–Trinajstić information content (AvgIpc) is 3.10. The molecule has 0 aliphatic carbocycles. The highest BCUT2D eigenvalue weighted by atomic mass is 32.2. The molecule has 28 heavy (non-hydrogen) atoms. The number of amides is 1. The van der Waals surface area contributed by atoms with Gasteiger partial charge in [-0.05, 0) is 43.7 Å². The number of carbonyl (C=O) groups is 1. The zero-order valence-corrected chi connectivity index (χ0v) is 17.6. The Morgan fingerprint density at radius 2 is 1.82 bits per heavy atom. The first-order chi connectivity index (χ1) is 13.2. The fraction of sp³-hybridized carbons (Fsp3) is 0.300. The Balaban J connectivity index is 1.54. The predicted octanol–water partition coefficient (Wildman–Crippen LogP) is 3.64. The van der Waals surface area contributed by atoms with Gasteiger partial charge in [0.15, 0.2) is 9.84 Å². The molecule has 0 aliphatic heterocycles. The van der Waals surface area contributed by atoms with Crippen LogP contribution in [-0.2, 0) is 14.6 Å². The molecule has 0 bridgehead atoms. The van der Waals surface area contributed by atoms with Gasteiger partial charge < -0.3 is 10.3 Å². The van der Waals surface area contributed by atoms with E-state index in [9.17, 15) is 13.2 Å². The average molecular weight is 418 g/mol. The molecule has 2 N–H and O–H groups in total. The van der Waals surface area contributed by atoms with Gasteiger partial charge in [0.1, 0.15) is 5.82 Å². The summed E-state index contributed by atoms with van der Waals surface area (Å²) in [6.07, 6.45) is 1.17. The van der Waals surface area contributed by atoms with Crippen LogP contribution in [0.3, 0.4) is 0 Å². The molecule has 1 amide bonds. The van der Waals surface area contributed by atoms with Crippen LogP contribution in [0.2, 0.25) is 0 Å². The van der Waals surface area contributed by atoms with Gasteiger partial charge in [-0.2, -0.15) is 0 Å². The number of nitrogens with zero attached hydrogens (tertiary/aromatic N) is 1. The smallest absolute Gasteiger partial charge is 0.230 e. The highest BCUT2D eigenvalue weighted by Gasteiger charge is 2.15. The number of para-hydroxylation sites is 2. The van der Waals surface area contributed by atoms with E-state index >= 15 is 0 Å². The van der Waals surface area contributed by atoms with Gasteiger partial charge in [-0.1, -0.05) is 24.3 Å². The van der Waals surface area contributed by atoms with Crippen molar-refractivity contribution in [2.24, 2.45) is 0 Å². The molecule has 0 fully saturated rings. The summed E-state index contributed by atoms with van der Waals surface area (Å²) in [5.74, 6) is 1.08. The molecule has 0 radical (unpaired) electrons. The summed E-state index contributed by atoms with van der Waals surface area (Å²) in [6.45, 7) is 3.89. The van der Waals surface area contributed by atoms with E-state index in [4.69, 9.17) is 0 Å². The maximum Gasteiger partial charge on any atom is 0.230 e. The number of thioether (sulfide) groups is 1. The largest absolute Gasteiger partial charge is 0.349 e. The van der Waals surface area contributed by atoms with Gasteiger partial charge in [-0.25, -0.2) is 13.4 Å². The summed E-state index contributed by atoms with van der Waals surface area (Å²) in [5.41, 5.74) is 2.76. The van der Waals surface area contributed by atoms with E-state index in [1.165, 1.54) is 18.0 Å². The standard InChI is InChI=1S/C20H23N3O3S2/c1-13(15-8-10-16(11-9-15)28(3,25)26)21-19(24)12-27-14(2)20-22-17-6-4-5-7-18(17)23-20/h4-11,13-14H,12H2,1-3H3,(H,21,24)(H,22,23)/t13-,14-/m0/s1. The van der Waals surface area contributed by atoms with Gasteiger partial charge >= 0.3 is 0 Å². The summed E-state index contributed by atoms with van der Waals surface area (Å²) in [5, 5.41) is 3.01. The van der Waals surface area contributed by atoms with E-state index in [0.717, 1.165) is 22.4 Å². The third kappa shape index (κ3) is 4.94. The lowest BCUT2D eigenvalue weighted by molar-refractivity contribution is -0.119. The zero-order valence-electron chi connectivity index (χ0n) is 16.0. The Morgan fingerprint density at radius 3 is 2.46 bits per heavy atom. The Morgan fingerprint density at radius 1 is 1.14 bits per heavy atom. The normalized spacial score (nSPS) is 14.0. The van der Waals surface area contributed by atoms with Gasteiger partial charge in [0.25, 0.3) is 0 Å².